The lowest BCUT2D eigenvalue weighted by molar-refractivity contribution is -0.122. The monoisotopic (exact) mass is 439 g/mol. The van der Waals surface area contributed by atoms with Gasteiger partial charge >= 0.3 is 6.09 Å². The quantitative estimate of drug-likeness (QED) is 0.477. The molecule has 4 N–H and O–H groups in total. The molecule has 0 saturated heterocycles. The van der Waals surface area contributed by atoms with Gasteiger partial charge in [-0.25, -0.2) is 14.8 Å². The summed E-state index contributed by atoms with van der Waals surface area (Å²) < 4.78 is 10.9. The van der Waals surface area contributed by atoms with Crippen molar-refractivity contribution in [3.63, 3.8) is 0 Å². The summed E-state index contributed by atoms with van der Waals surface area (Å²) in [6.45, 7) is 5.29. The molecule has 3 aromatic rings. The maximum absolute atomic E-state index is 12.7. The number of rotatable bonds is 7. The maximum Gasteiger partial charge on any atom is 0.408 e. The highest BCUT2D eigenvalue weighted by molar-refractivity contribution is 5.94. The predicted octanol–water partition coefficient (Wildman–Crippen LogP) is 3.26. The molecule has 3 rings (SSSR count). The molecule has 0 radical (unpaired) electrons. The molecule has 0 aliphatic carbocycles. The zero-order valence-corrected chi connectivity index (χ0v) is 18.0. The average Bonchev–Trinajstić information content (AvgIpc) is 3.07. The van der Waals surface area contributed by atoms with Crippen LogP contribution >= 0.6 is 0 Å². The Morgan fingerprint density at radius 2 is 1.84 bits per heavy atom. The third-order valence-electron chi connectivity index (χ3n) is 4.06. The molecule has 0 saturated carbocycles. The highest BCUT2D eigenvalue weighted by Crippen LogP contribution is 2.26. The summed E-state index contributed by atoms with van der Waals surface area (Å²) in [5, 5.41) is 10.1. The summed E-state index contributed by atoms with van der Waals surface area (Å²) >= 11 is 0. The molecule has 0 fully saturated rings. The van der Waals surface area contributed by atoms with E-state index in [9.17, 15) is 9.59 Å². The highest BCUT2D eigenvalue weighted by atomic mass is 16.6. The van der Waals surface area contributed by atoms with Crippen LogP contribution in [0.1, 0.15) is 26.3 Å². The molecule has 0 spiro atoms. The van der Waals surface area contributed by atoms with E-state index in [1.54, 1.807) is 20.8 Å². The Balaban J connectivity index is 1.72. The van der Waals surface area contributed by atoms with Crippen molar-refractivity contribution >= 4 is 34.7 Å². The fraction of sp³-hybridized carbons (Fsp3) is 0.333. The number of carbonyl (C=O) groups is 2. The zero-order valence-electron chi connectivity index (χ0n) is 18.0. The van der Waals surface area contributed by atoms with Gasteiger partial charge in [-0.05, 0) is 26.3 Å². The highest BCUT2D eigenvalue weighted by Gasteiger charge is 2.25. The summed E-state index contributed by atoms with van der Waals surface area (Å²) in [7, 11) is 0. The second kappa shape index (κ2) is 9.96. The van der Waals surface area contributed by atoms with Crippen LogP contribution in [-0.2, 0) is 20.9 Å². The lowest BCUT2D eigenvalue weighted by Crippen LogP contribution is -2.45. The third-order valence-corrected chi connectivity index (χ3v) is 4.06. The van der Waals surface area contributed by atoms with Crippen molar-refractivity contribution in [3.8, 4) is 0 Å². The molecule has 0 aliphatic rings. The van der Waals surface area contributed by atoms with Gasteiger partial charge in [0.1, 0.15) is 28.5 Å². The number of ether oxygens (including phenoxy) is 2. The predicted molar refractivity (Wildman–Crippen MR) is 117 cm³/mol. The summed E-state index contributed by atoms with van der Waals surface area (Å²) in [6.07, 6.45) is 2.19. The Kier molecular flexibility index (Phi) is 7.11. The summed E-state index contributed by atoms with van der Waals surface area (Å²) in [5.74, 6) is -0.293. The molecule has 168 valence electrons. The van der Waals surface area contributed by atoms with Crippen LogP contribution in [0.15, 0.2) is 53.0 Å². The Morgan fingerprint density at radius 3 is 2.53 bits per heavy atom. The molecule has 2 aromatic heterocycles. The Bertz CT molecular complexity index is 1110. The molecule has 11 heteroatoms. The molecule has 32 heavy (non-hydrogen) atoms. The van der Waals surface area contributed by atoms with Crippen molar-refractivity contribution in [3.05, 3.63) is 48.3 Å². The van der Waals surface area contributed by atoms with Crippen molar-refractivity contribution in [2.75, 3.05) is 12.3 Å². The number of anilines is 1. The minimum atomic E-state index is -1.11. The van der Waals surface area contributed by atoms with Crippen LogP contribution in [0.25, 0.3) is 11.0 Å². The number of nitrogens with zero attached hydrogens (tertiary/aromatic N) is 4. The van der Waals surface area contributed by atoms with Crippen molar-refractivity contribution in [1.82, 2.24) is 20.3 Å². The van der Waals surface area contributed by atoms with Crippen LogP contribution in [0.3, 0.4) is 0 Å². The molecular weight excluding hydrogens is 414 g/mol. The fourth-order valence-electron chi connectivity index (χ4n) is 2.69. The van der Waals surface area contributed by atoms with Crippen molar-refractivity contribution < 1.29 is 19.1 Å². The number of nitrogens with one attached hydrogen (secondary N) is 2. The standard InChI is InChI=1S/C21H25N7O4/c1-21(2,3)32-20(30)25-14(12-31-11-13-7-5-4-6-8-13)19(29)28-27-18-16-15(17(22)26-18)23-9-10-24-16/h4-10,14,26H,11-12,22H2,1-3H3,(H,25,30)/t14-/m0/s1. The van der Waals surface area contributed by atoms with E-state index in [2.05, 4.69) is 30.5 Å². The van der Waals surface area contributed by atoms with E-state index in [1.165, 1.54) is 12.4 Å². The number of hydrogen-bond acceptors (Lipinski definition) is 8. The van der Waals surface area contributed by atoms with E-state index >= 15 is 0 Å². The van der Waals surface area contributed by atoms with Gasteiger partial charge in [-0.1, -0.05) is 30.3 Å². The van der Waals surface area contributed by atoms with Crippen LogP contribution in [-0.4, -0.2) is 45.2 Å². The number of azo groups is 1. The fourth-order valence-corrected chi connectivity index (χ4v) is 2.69. The lowest BCUT2D eigenvalue weighted by Gasteiger charge is -2.22. The molecule has 0 bridgehead atoms. The molecule has 0 aliphatic heterocycles. The minimum absolute atomic E-state index is 0.126. The van der Waals surface area contributed by atoms with E-state index in [-0.39, 0.29) is 24.8 Å². The van der Waals surface area contributed by atoms with Gasteiger partial charge in [0, 0.05) is 12.4 Å². The van der Waals surface area contributed by atoms with Crippen LogP contribution in [0.5, 0.6) is 0 Å². The van der Waals surface area contributed by atoms with Gasteiger partial charge in [0.05, 0.1) is 13.2 Å². The Labute approximate surface area is 184 Å². The van der Waals surface area contributed by atoms with Gasteiger partial charge in [0.25, 0.3) is 5.91 Å². The number of aromatic nitrogens is 3. The number of nitrogen functional groups attached to an aromatic ring is 1. The van der Waals surface area contributed by atoms with Crippen molar-refractivity contribution in [2.45, 2.75) is 39.0 Å². The number of hydrogen-bond donors (Lipinski definition) is 3. The topological polar surface area (TPSA) is 157 Å². The largest absolute Gasteiger partial charge is 0.444 e. The normalized spacial score (nSPS) is 12.7. The van der Waals surface area contributed by atoms with Gasteiger partial charge in [0.2, 0.25) is 0 Å². The first-order chi connectivity index (χ1) is 15.2. The summed E-state index contributed by atoms with van der Waals surface area (Å²) in [6, 6.07) is 8.32. The zero-order chi connectivity index (χ0) is 23.1. The van der Waals surface area contributed by atoms with Crippen molar-refractivity contribution in [2.24, 2.45) is 10.2 Å². The second-order valence-electron chi connectivity index (χ2n) is 7.88. The first kappa shape index (κ1) is 22.8. The van der Waals surface area contributed by atoms with Crippen LogP contribution in [0.4, 0.5) is 16.4 Å². The Morgan fingerprint density at radius 1 is 1.16 bits per heavy atom. The van der Waals surface area contributed by atoms with Crippen LogP contribution in [0.2, 0.25) is 0 Å². The molecule has 1 atom stereocenters. The lowest BCUT2D eigenvalue weighted by atomic mass is 10.2. The SMILES string of the molecule is CC(C)(C)OC(=O)N[C@@H](COCc1ccccc1)C(=O)N=Nc1[nH]c(N)c2nccnc12. The molecule has 0 unspecified atom stereocenters. The molecular formula is C21H25N7O4. The molecule has 2 heterocycles. The van der Waals surface area contributed by atoms with E-state index in [0.29, 0.717) is 11.0 Å². The molecule has 2 amide bonds. The number of fused-ring (bicyclic) bond motifs is 1. The smallest absolute Gasteiger partial charge is 0.408 e. The minimum Gasteiger partial charge on any atom is -0.444 e. The summed E-state index contributed by atoms with van der Waals surface area (Å²) in [5.41, 5.74) is 6.83. The van der Waals surface area contributed by atoms with Crippen LogP contribution in [0, 0.1) is 0 Å². The van der Waals surface area contributed by atoms with Crippen molar-refractivity contribution in [1.29, 1.82) is 0 Å². The molecule has 11 nitrogen and oxygen atoms in total. The van der Waals surface area contributed by atoms with E-state index < -0.39 is 23.6 Å². The number of aromatic amines is 1. The summed E-state index contributed by atoms with van der Waals surface area (Å²) in [4.78, 5) is 35.9. The number of H-pyrrole nitrogens is 1. The van der Waals surface area contributed by atoms with Crippen LogP contribution < -0.4 is 11.1 Å². The van der Waals surface area contributed by atoms with Gasteiger partial charge in [-0.15, -0.1) is 10.2 Å². The first-order valence-electron chi connectivity index (χ1n) is 9.88. The number of benzene rings is 1. The van der Waals surface area contributed by atoms with E-state index in [1.807, 2.05) is 30.3 Å². The average molecular weight is 439 g/mol. The molecule has 1 aromatic carbocycles. The third kappa shape index (κ3) is 6.32. The maximum atomic E-state index is 12.7. The number of amides is 2. The van der Waals surface area contributed by atoms with Gasteiger partial charge in [-0.3, -0.25) is 4.79 Å². The second-order valence-corrected chi connectivity index (χ2v) is 7.88. The number of carbonyl (C=O) groups excluding carboxylic acids is 2. The van der Waals surface area contributed by atoms with Gasteiger partial charge < -0.3 is 25.5 Å². The van der Waals surface area contributed by atoms with E-state index in [0.717, 1.165) is 5.56 Å². The first-order valence-corrected chi connectivity index (χ1v) is 9.88. The van der Waals surface area contributed by atoms with E-state index in [4.69, 9.17) is 15.2 Å². The van der Waals surface area contributed by atoms with Gasteiger partial charge in [0.15, 0.2) is 5.82 Å². The number of nitrogens with two attached hydrogens (primary N) is 1. The number of alkyl carbamates (subject to hydrolysis) is 1. The Hall–Kier alpha value is -3.86. The van der Waals surface area contributed by atoms with Gasteiger partial charge in [-0.2, -0.15) is 0 Å².